The number of likely N-dealkylation sites (N-methyl/N-ethyl adjacent to an activating group) is 1. The summed E-state index contributed by atoms with van der Waals surface area (Å²) in [6.07, 6.45) is 7.54. The molecule has 0 bridgehead atoms. The molecule has 1 aromatic carbocycles. The van der Waals surface area contributed by atoms with Gasteiger partial charge >= 0.3 is 6.03 Å². The predicted octanol–water partition coefficient (Wildman–Crippen LogP) is 3.20. The molecule has 156 valence electrons. The molecule has 29 heavy (non-hydrogen) atoms. The number of hydrogen-bond donors (Lipinski definition) is 1. The van der Waals surface area contributed by atoms with Gasteiger partial charge in [-0.1, -0.05) is 31.2 Å². The Morgan fingerprint density at radius 2 is 1.90 bits per heavy atom. The third kappa shape index (κ3) is 3.53. The van der Waals surface area contributed by atoms with E-state index in [1.165, 1.54) is 0 Å². The number of urea groups is 1. The van der Waals surface area contributed by atoms with Crippen molar-refractivity contribution < 1.29 is 14.4 Å². The van der Waals surface area contributed by atoms with Crippen molar-refractivity contribution in [3.05, 3.63) is 35.4 Å². The van der Waals surface area contributed by atoms with E-state index >= 15 is 0 Å². The maximum Gasteiger partial charge on any atom is 0.325 e. The highest BCUT2D eigenvalue weighted by Gasteiger charge is 2.53. The first-order chi connectivity index (χ1) is 13.9. The van der Waals surface area contributed by atoms with Crippen LogP contribution in [0.25, 0.3) is 0 Å². The summed E-state index contributed by atoms with van der Waals surface area (Å²) in [6, 6.07) is 7.61. The molecule has 6 heteroatoms. The lowest BCUT2D eigenvalue weighted by Crippen LogP contribution is -2.47. The number of amides is 4. The Hall–Kier alpha value is -2.37. The average molecular weight is 398 g/mol. The normalized spacial score (nSPS) is 29.4. The molecule has 1 spiro atoms. The summed E-state index contributed by atoms with van der Waals surface area (Å²) in [6.45, 7) is 2.06. The van der Waals surface area contributed by atoms with E-state index in [1.807, 2.05) is 24.3 Å². The number of nitrogens with one attached hydrogen (secondary N) is 1. The SMILES string of the molecule is CC1CCC(N(C)C(=O)CN2C(=O)N[C@@]3(CCCCc4ccccc43)C2=O)CC1. The van der Waals surface area contributed by atoms with E-state index in [0.717, 1.165) is 61.0 Å². The van der Waals surface area contributed by atoms with Crippen LogP contribution in [0.15, 0.2) is 24.3 Å². The van der Waals surface area contributed by atoms with Gasteiger partial charge in [0.25, 0.3) is 5.91 Å². The summed E-state index contributed by atoms with van der Waals surface area (Å²) in [5.41, 5.74) is 0.976. The summed E-state index contributed by atoms with van der Waals surface area (Å²) >= 11 is 0. The number of carbonyl (C=O) groups excluding carboxylic acids is 3. The topological polar surface area (TPSA) is 69.7 Å². The second kappa shape index (κ2) is 7.81. The van der Waals surface area contributed by atoms with Crippen LogP contribution in [0.2, 0.25) is 0 Å². The molecule has 6 nitrogen and oxygen atoms in total. The van der Waals surface area contributed by atoms with E-state index in [9.17, 15) is 14.4 Å². The van der Waals surface area contributed by atoms with Gasteiger partial charge in [0.15, 0.2) is 0 Å². The van der Waals surface area contributed by atoms with Crippen LogP contribution in [0.5, 0.6) is 0 Å². The number of aryl methyl sites for hydroxylation is 1. The summed E-state index contributed by atoms with van der Waals surface area (Å²) in [4.78, 5) is 42.0. The molecule has 4 rings (SSSR count). The molecule has 1 atom stereocenters. The van der Waals surface area contributed by atoms with Crippen LogP contribution in [0.1, 0.15) is 63.0 Å². The lowest BCUT2D eigenvalue weighted by molar-refractivity contribution is -0.140. The fraction of sp³-hybridized carbons (Fsp3) is 0.609. The quantitative estimate of drug-likeness (QED) is 0.797. The van der Waals surface area contributed by atoms with Crippen molar-refractivity contribution in [3.8, 4) is 0 Å². The lowest BCUT2D eigenvalue weighted by atomic mass is 9.84. The van der Waals surface area contributed by atoms with Crippen LogP contribution in [0.3, 0.4) is 0 Å². The fourth-order valence-corrected chi connectivity index (χ4v) is 5.20. The van der Waals surface area contributed by atoms with Crippen molar-refractivity contribution in [2.75, 3.05) is 13.6 Å². The fourth-order valence-electron chi connectivity index (χ4n) is 5.20. The highest BCUT2D eigenvalue weighted by Crippen LogP contribution is 2.39. The minimum absolute atomic E-state index is 0.160. The van der Waals surface area contributed by atoms with Crippen LogP contribution in [0.4, 0.5) is 4.79 Å². The molecule has 2 aliphatic carbocycles. The van der Waals surface area contributed by atoms with Gasteiger partial charge in [0.2, 0.25) is 5.91 Å². The molecule has 1 aliphatic heterocycles. The van der Waals surface area contributed by atoms with Crippen molar-refractivity contribution in [3.63, 3.8) is 0 Å². The lowest BCUT2D eigenvalue weighted by Gasteiger charge is -2.34. The highest BCUT2D eigenvalue weighted by atomic mass is 16.2. The second-order valence-electron chi connectivity index (χ2n) is 9.01. The zero-order valence-electron chi connectivity index (χ0n) is 17.4. The van der Waals surface area contributed by atoms with Crippen LogP contribution in [0, 0.1) is 5.92 Å². The van der Waals surface area contributed by atoms with Crippen molar-refractivity contribution >= 4 is 17.8 Å². The first-order valence-electron chi connectivity index (χ1n) is 10.9. The summed E-state index contributed by atoms with van der Waals surface area (Å²) in [7, 11) is 1.80. The van der Waals surface area contributed by atoms with Gasteiger partial charge < -0.3 is 10.2 Å². The maximum atomic E-state index is 13.5. The first kappa shape index (κ1) is 19.9. The molecule has 0 radical (unpaired) electrons. The monoisotopic (exact) mass is 397 g/mol. The molecular weight excluding hydrogens is 366 g/mol. The minimum Gasteiger partial charge on any atom is -0.341 e. The third-order valence-corrected chi connectivity index (χ3v) is 7.12. The molecule has 2 fully saturated rings. The molecule has 1 aromatic rings. The van der Waals surface area contributed by atoms with E-state index in [0.29, 0.717) is 12.3 Å². The van der Waals surface area contributed by atoms with Gasteiger partial charge in [-0.25, -0.2) is 4.79 Å². The highest BCUT2D eigenvalue weighted by molar-refractivity contribution is 6.09. The zero-order valence-corrected chi connectivity index (χ0v) is 17.4. The largest absolute Gasteiger partial charge is 0.341 e. The number of rotatable bonds is 3. The van der Waals surface area contributed by atoms with Gasteiger partial charge in [0.1, 0.15) is 12.1 Å². The molecule has 0 unspecified atom stereocenters. The Morgan fingerprint density at radius 3 is 2.66 bits per heavy atom. The van der Waals surface area contributed by atoms with E-state index in [-0.39, 0.29) is 24.4 Å². The second-order valence-corrected chi connectivity index (χ2v) is 9.01. The number of benzene rings is 1. The smallest absolute Gasteiger partial charge is 0.325 e. The molecule has 0 aromatic heterocycles. The molecule has 1 heterocycles. The van der Waals surface area contributed by atoms with Crippen molar-refractivity contribution in [2.24, 2.45) is 5.92 Å². The van der Waals surface area contributed by atoms with E-state index in [2.05, 4.69) is 12.2 Å². The molecule has 3 aliphatic rings. The van der Waals surface area contributed by atoms with Crippen LogP contribution in [-0.2, 0) is 21.5 Å². The van der Waals surface area contributed by atoms with Gasteiger partial charge in [-0.3, -0.25) is 14.5 Å². The van der Waals surface area contributed by atoms with Crippen LogP contribution in [-0.4, -0.2) is 47.3 Å². The Labute approximate surface area is 172 Å². The zero-order chi connectivity index (χ0) is 20.6. The van der Waals surface area contributed by atoms with Gasteiger partial charge in [-0.2, -0.15) is 0 Å². The average Bonchev–Trinajstić information content (AvgIpc) is 2.86. The predicted molar refractivity (Wildman–Crippen MR) is 110 cm³/mol. The van der Waals surface area contributed by atoms with E-state index in [1.54, 1.807) is 11.9 Å². The first-order valence-corrected chi connectivity index (χ1v) is 10.9. The van der Waals surface area contributed by atoms with Crippen LogP contribution < -0.4 is 5.32 Å². The van der Waals surface area contributed by atoms with Gasteiger partial charge in [-0.05, 0) is 68.4 Å². The van der Waals surface area contributed by atoms with E-state index in [4.69, 9.17) is 0 Å². The Bertz CT molecular complexity index is 815. The van der Waals surface area contributed by atoms with Crippen molar-refractivity contribution in [1.29, 1.82) is 0 Å². The minimum atomic E-state index is -1.02. The Morgan fingerprint density at radius 1 is 1.17 bits per heavy atom. The molecule has 1 N–H and O–H groups in total. The summed E-state index contributed by atoms with van der Waals surface area (Å²) < 4.78 is 0. The number of hydrogen-bond acceptors (Lipinski definition) is 3. The van der Waals surface area contributed by atoms with Gasteiger partial charge in [0.05, 0.1) is 0 Å². The standard InChI is InChI=1S/C23H31N3O3/c1-16-10-12-18(13-11-16)25(2)20(27)15-26-21(28)23(24-22(26)29)14-6-5-8-17-7-3-4-9-19(17)23/h3-4,7,9,16,18H,5-6,8,10-15H2,1-2H3,(H,24,29)/t16?,18?,23-/m1/s1. The number of fused-ring (bicyclic) bond motifs is 2. The molecule has 1 saturated heterocycles. The van der Waals surface area contributed by atoms with Crippen molar-refractivity contribution in [2.45, 2.75) is 69.9 Å². The molecule has 1 saturated carbocycles. The molecular formula is C23H31N3O3. The number of imide groups is 1. The molecule has 4 amide bonds. The number of carbonyl (C=O) groups is 3. The third-order valence-electron chi connectivity index (χ3n) is 7.12. The van der Waals surface area contributed by atoms with Gasteiger partial charge in [0, 0.05) is 13.1 Å². The maximum absolute atomic E-state index is 13.5. The Balaban J connectivity index is 1.52. The summed E-state index contributed by atoms with van der Waals surface area (Å²) in [5.74, 6) is 0.263. The van der Waals surface area contributed by atoms with Gasteiger partial charge in [-0.15, -0.1) is 0 Å². The summed E-state index contributed by atoms with van der Waals surface area (Å²) in [5, 5.41) is 2.96. The number of nitrogens with zero attached hydrogens (tertiary/aromatic N) is 2. The van der Waals surface area contributed by atoms with E-state index < -0.39 is 11.6 Å². The Kier molecular flexibility index (Phi) is 5.36. The van der Waals surface area contributed by atoms with Crippen LogP contribution >= 0.6 is 0 Å². The van der Waals surface area contributed by atoms with Crippen molar-refractivity contribution in [1.82, 2.24) is 15.1 Å².